The first-order chi connectivity index (χ1) is 11.7. The van der Waals surface area contributed by atoms with Crippen LogP contribution in [0.15, 0.2) is 48.5 Å². The maximum atomic E-state index is 12.1. The van der Waals surface area contributed by atoms with E-state index in [2.05, 4.69) is 16.0 Å². The molecule has 2 aromatic rings. The van der Waals surface area contributed by atoms with Gasteiger partial charge >= 0.3 is 0 Å². The topological polar surface area (TPSA) is 70.2 Å². The van der Waals surface area contributed by atoms with Gasteiger partial charge in [0.05, 0.1) is 6.54 Å². The van der Waals surface area contributed by atoms with E-state index in [0.717, 1.165) is 5.69 Å². The van der Waals surface area contributed by atoms with Crippen molar-refractivity contribution in [3.05, 3.63) is 59.1 Å². The number of nitrogens with one attached hydrogen (secondary N) is 3. The molecule has 0 radical (unpaired) electrons. The largest absolute Gasteiger partial charge is 0.376 e. The summed E-state index contributed by atoms with van der Waals surface area (Å²) in [5.41, 5.74) is 1.74. The maximum Gasteiger partial charge on any atom is 0.251 e. The molecule has 5 nitrogen and oxygen atoms in total. The molecule has 132 valence electrons. The van der Waals surface area contributed by atoms with E-state index < -0.39 is 0 Å². The molecule has 2 rings (SSSR count). The lowest BCUT2D eigenvalue weighted by atomic mass is 10.1. The van der Waals surface area contributed by atoms with Crippen molar-refractivity contribution in [3.8, 4) is 0 Å². The van der Waals surface area contributed by atoms with Gasteiger partial charge in [0.1, 0.15) is 0 Å². The van der Waals surface area contributed by atoms with Gasteiger partial charge in [0.25, 0.3) is 5.91 Å². The van der Waals surface area contributed by atoms with E-state index in [4.69, 9.17) is 11.6 Å². The lowest BCUT2D eigenvalue weighted by molar-refractivity contribution is -0.114. The first kappa shape index (κ1) is 18.8. The first-order valence-electron chi connectivity index (χ1n) is 7.95. The fourth-order valence-electron chi connectivity index (χ4n) is 2.07. The van der Waals surface area contributed by atoms with Crippen molar-refractivity contribution in [1.29, 1.82) is 0 Å². The Morgan fingerprint density at radius 2 is 1.48 bits per heavy atom. The fourth-order valence-corrected chi connectivity index (χ4v) is 2.20. The van der Waals surface area contributed by atoms with E-state index in [1.165, 1.54) is 0 Å². The van der Waals surface area contributed by atoms with Crippen LogP contribution in [0, 0.1) is 0 Å². The van der Waals surface area contributed by atoms with Crippen molar-refractivity contribution >= 4 is 34.8 Å². The van der Waals surface area contributed by atoms with Gasteiger partial charge in [0.2, 0.25) is 5.91 Å². The Morgan fingerprint density at radius 1 is 0.920 bits per heavy atom. The van der Waals surface area contributed by atoms with E-state index in [0.29, 0.717) is 16.3 Å². The van der Waals surface area contributed by atoms with Gasteiger partial charge in [0.15, 0.2) is 0 Å². The highest BCUT2D eigenvalue weighted by Crippen LogP contribution is 2.14. The van der Waals surface area contributed by atoms with E-state index in [1.807, 2.05) is 20.8 Å². The van der Waals surface area contributed by atoms with Crippen LogP contribution in [0.2, 0.25) is 5.02 Å². The third-order valence-corrected chi connectivity index (χ3v) is 3.47. The molecule has 25 heavy (non-hydrogen) atoms. The highest BCUT2D eigenvalue weighted by Gasteiger charge is 2.15. The van der Waals surface area contributed by atoms with Crippen molar-refractivity contribution in [1.82, 2.24) is 5.32 Å². The summed E-state index contributed by atoms with van der Waals surface area (Å²) >= 11 is 5.81. The molecule has 3 N–H and O–H groups in total. The Kier molecular flexibility index (Phi) is 6.04. The third-order valence-electron chi connectivity index (χ3n) is 3.22. The molecule has 0 atom stereocenters. The number of hydrogen-bond donors (Lipinski definition) is 3. The molecule has 0 aliphatic carbocycles. The minimum atomic E-state index is -0.284. The zero-order chi connectivity index (χ0) is 18.4. The van der Waals surface area contributed by atoms with Gasteiger partial charge in [-0.1, -0.05) is 11.6 Å². The second-order valence-corrected chi connectivity index (χ2v) is 7.13. The van der Waals surface area contributed by atoms with E-state index in [1.54, 1.807) is 48.5 Å². The number of benzene rings is 2. The molecule has 0 spiro atoms. The highest BCUT2D eigenvalue weighted by molar-refractivity contribution is 6.30. The van der Waals surface area contributed by atoms with Crippen LogP contribution >= 0.6 is 11.6 Å². The molecular formula is C19H22ClN3O2. The summed E-state index contributed by atoms with van der Waals surface area (Å²) in [6, 6.07) is 13.9. The monoisotopic (exact) mass is 359 g/mol. The number of amides is 2. The maximum absolute atomic E-state index is 12.1. The number of rotatable bonds is 5. The summed E-state index contributed by atoms with van der Waals surface area (Å²) in [5, 5.41) is 9.31. The first-order valence-corrected chi connectivity index (χ1v) is 8.33. The van der Waals surface area contributed by atoms with Gasteiger partial charge in [-0.25, -0.2) is 0 Å². The summed E-state index contributed by atoms with van der Waals surface area (Å²) in [7, 11) is 0. The van der Waals surface area contributed by atoms with Gasteiger partial charge in [0, 0.05) is 27.5 Å². The number of halogens is 1. The predicted molar refractivity (Wildman–Crippen MR) is 102 cm³/mol. The smallest absolute Gasteiger partial charge is 0.251 e. The fraction of sp³-hybridized carbons (Fsp3) is 0.263. The quantitative estimate of drug-likeness (QED) is 0.757. The van der Waals surface area contributed by atoms with Crippen molar-refractivity contribution in [2.75, 3.05) is 17.2 Å². The number of carbonyl (C=O) groups excluding carboxylic acids is 2. The summed E-state index contributed by atoms with van der Waals surface area (Å²) in [4.78, 5) is 24.0. The lowest BCUT2D eigenvalue weighted by Gasteiger charge is -2.20. The van der Waals surface area contributed by atoms with Crippen LogP contribution in [0.25, 0.3) is 0 Å². The summed E-state index contributed by atoms with van der Waals surface area (Å²) in [6.45, 7) is 5.91. The second kappa shape index (κ2) is 8.03. The average molecular weight is 360 g/mol. The van der Waals surface area contributed by atoms with Crippen molar-refractivity contribution in [2.45, 2.75) is 26.3 Å². The Balaban J connectivity index is 1.85. The molecule has 0 fully saturated rings. The minimum Gasteiger partial charge on any atom is -0.376 e. The molecule has 2 amide bonds. The Labute approximate surface area is 152 Å². The van der Waals surface area contributed by atoms with Crippen LogP contribution in [-0.2, 0) is 4.79 Å². The second-order valence-electron chi connectivity index (χ2n) is 6.69. The lowest BCUT2D eigenvalue weighted by Crippen LogP contribution is -2.40. The average Bonchev–Trinajstić information content (AvgIpc) is 2.54. The van der Waals surface area contributed by atoms with Crippen molar-refractivity contribution < 1.29 is 9.59 Å². The van der Waals surface area contributed by atoms with Crippen LogP contribution in [-0.4, -0.2) is 23.9 Å². The van der Waals surface area contributed by atoms with Gasteiger partial charge in [-0.05, 0) is 69.3 Å². The molecule has 0 aliphatic rings. The van der Waals surface area contributed by atoms with Crippen LogP contribution in [0.4, 0.5) is 11.4 Å². The third kappa shape index (κ3) is 6.47. The van der Waals surface area contributed by atoms with Crippen LogP contribution in [0.1, 0.15) is 31.1 Å². The Hall–Kier alpha value is -2.53. The zero-order valence-electron chi connectivity index (χ0n) is 14.5. The molecule has 0 unspecified atom stereocenters. The Bertz CT molecular complexity index is 735. The predicted octanol–water partition coefficient (Wildman–Crippen LogP) is 3.92. The number of hydrogen-bond acceptors (Lipinski definition) is 3. The van der Waals surface area contributed by atoms with Crippen LogP contribution < -0.4 is 16.0 Å². The number of anilines is 2. The summed E-state index contributed by atoms with van der Waals surface area (Å²) in [6.07, 6.45) is 0. The molecule has 2 aromatic carbocycles. The van der Waals surface area contributed by atoms with Crippen LogP contribution in [0.3, 0.4) is 0 Å². The zero-order valence-corrected chi connectivity index (χ0v) is 15.3. The molecule has 0 saturated heterocycles. The van der Waals surface area contributed by atoms with Crippen molar-refractivity contribution in [3.63, 3.8) is 0 Å². The molecule has 0 saturated carbocycles. The van der Waals surface area contributed by atoms with Crippen molar-refractivity contribution in [2.24, 2.45) is 0 Å². The van der Waals surface area contributed by atoms with Gasteiger partial charge in [-0.15, -0.1) is 0 Å². The standard InChI is InChI=1S/C19H22ClN3O2/c1-19(2,3)23-18(25)13-4-8-15(9-5-13)21-12-17(24)22-16-10-6-14(20)7-11-16/h4-11,21H,12H2,1-3H3,(H,22,24)(H,23,25). The van der Waals surface area contributed by atoms with Gasteiger partial charge in [-0.2, -0.15) is 0 Å². The Morgan fingerprint density at radius 3 is 2.04 bits per heavy atom. The van der Waals surface area contributed by atoms with E-state index >= 15 is 0 Å². The van der Waals surface area contributed by atoms with Crippen LogP contribution in [0.5, 0.6) is 0 Å². The molecule has 0 bridgehead atoms. The van der Waals surface area contributed by atoms with E-state index in [-0.39, 0.29) is 23.9 Å². The highest BCUT2D eigenvalue weighted by atomic mass is 35.5. The van der Waals surface area contributed by atoms with E-state index in [9.17, 15) is 9.59 Å². The molecule has 0 heterocycles. The molecule has 0 aromatic heterocycles. The number of carbonyl (C=O) groups is 2. The molecule has 0 aliphatic heterocycles. The molecular weight excluding hydrogens is 338 g/mol. The summed E-state index contributed by atoms with van der Waals surface area (Å²) in [5.74, 6) is -0.295. The SMILES string of the molecule is CC(C)(C)NC(=O)c1ccc(NCC(=O)Nc2ccc(Cl)cc2)cc1. The van der Waals surface area contributed by atoms with Gasteiger partial charge in [-0.3, -0.25) is 9.59 Å². The normalized spacial score (nSPS) is 10.9. The minimum absolute atomic E-state index is 0.121. The van der Waals surface area contributed by atoms with Gasteiger partial charge < -0.3 is 16.0 Å². The summed E-state index contributed by atoms with van der Waals surface area (Å²) < 4.78 is 0. The molecule has 6 heteroatoms.